The second-order valence-corrected chi connectivity index (χ2v) is 7.35. The molecule has 1 aliphatic heterocycles. The summed E-state index contributed by atoms with van der Waals surface area (Å²) < 4.78 is 6.44. The number of amides is 1. The summed E-state index contributed by atoms with van der Waals surface area (Å²) >= 11 is 11.8. The van der Waals surface area contributed by atoms with Crippen LogP contribution in [0.1, 0.15) is 18.1 Å². The van der Waals surface area contributed by atoms with Gasteiger partial charge in [0.1, 0.15) is 18.4 Å². The highest BCUT2D eigenvalue weighted by Crippen LogP contribution is 2.26. The molecule has 9 nitrogen and oxygen atoms in total. The van der Waals surface area contributed by atoms with Crippen LogP contribution in [0.15, 0.2) is 24.4 Å². The fraction of sp³-hybridized carbons (Fsp3) is 0.375. The number of hydrogen-bond donors (Lipinski definition) is 1. The van der Waals surface area contributed by atoms with E-state index >= 15 is 0 Å². The van der Waals surface area contributed by atoms with Crippen LogP contribution in [0, 0.1) is 10.1 Å². The Bertz CT molecular complexity index is 899. The molecule has 1 aliphatic rings. The fourth-order valence-corrected chi connectivity index (χ4v) is 3.18. The molecule has 0 saturated carbocycles. The van der Waals surface area contributed by atoms with Crippen LogP contribution in [-0.4, -0.2) is 42.8 Å². The van der Waals surface area contributed by atoms with Gasteiger partial charge in [0.05, 0.1) is 6.54 Å². The van der Waals surface area contributed by atoms with E-state index in [1.165, 1.54) is 16.4 Å². The Morgan fingerprint density at radius 3 is 2.78 bits per heavy atom. The van der Waals surface area contributed by atoms with Crippen molar-refractivity contribution in [1.29, 1.82) is 0 Å². The lowest BCUT2D eigenvalue weighted by atomic mass is 10.1. The first-order chi connectivity index (χ1) is 12.6. The number of imidazole rings is 1. The third kappa shape index (κ3) is 4.49. The number of aromatic nitrogens is 2. The molecule has 11 heteroatoms. The van der Waals surface area contributed by atoms with Crippen molar-refractivity contribution in [2.75, 3.05) is 6.61 Å². The number of carbonyl (C=O) groups is 1. The molecule has 2 aromatic rings. The number of carbonyl (C=O) groups excluding carboxylic acids is 1. The van der Waals surface area contributed by atoms with Gasteiger partial charge in [0.25, 0.3) is 0 Å². The first kappa shape index (κ1) is 19.4. The number of halogens is 2. The van der Waals surface area contributed by atoms with Crippen molar-refractivity contribution in [3.63, 3.8) is 0 Å². The van der Waals surface area contributed by atoms with Gasteiger partial charge in [-0.2, -0.15) is 0 Å². The Labute approximate surface area is 164 Å². The van der Waals surface area contributed by atoms with Gasteiger partial charge < -0.3 is 20.0 Å². The van der Waals surface area contributed by atoms with E-state index in [1.807, 2.05) is 6.07 Å². The van der Waals surface area contributed by atoms with Crippen LogP contribution in [0.3, 0.4) is 0 Å². The molecule has 0 saturated heterocycles. The van der Waals surface area contributed by atoms with Crippen LogP contribution in [0.5, 0.6) is 0 Å². The van der Waals surface area contributed by atoms with Crippen molar-refractivity contribution >= 4 is 35.1 Å². The summed E-state index contributed by atoms with van der Waals surface area (Å²) in [5, 5.41) is 21.6. The second kappa shape index (κ2) is 7.34. The van der Waals surface area contributed by atoms with E-state index < -0.39 is 22.4 Å². The van der Waals surface area contributed by atoms with Crippen LogP contribution >= 0.6 is 23.2 Å². The molecule has 0 aliphatic carbocycles. The molecule has 144 valence electrons. The first-order valence-electron chi connectivity index (χ1n) is 7.93. The Hall–Kier alpha value is -2.36. The molecular formula is C16H16Cl2N4O5. The molecule has 0 radical (unpaired) electrons. The Morgan fingerprint density at radius 2 is 2.11 bits per heavy atom. The number of fused-ring (bicyclic) bond motifs is 1. The number of rotatable bonds is 5. The fourth-order valence-electron chi connectivity index (χ4n) is 2.79. The quantitative estimate of drug-likeness (QED) is 0.594. The minimum Gasteiger partial charge on any atom is -0.446 e. The predicted molar refractivity (Wildman–Crippen MR) is 96.6 cm³/mol. The summed E-state index contributed by atoms with van der Waals surface area (Å²) in [5.74, 6) is -0.429. The van der Waals surface area contributed by atoms with Gasteiger partial charge in [0.2, 0.25) is 0 Å². The third-order valence-electron chi connectivity index (χ3n) is 4.07. The summed E-state index contributed by atoms with van der Waals surface area (Å²) in [5.41, 5.74) is 0.438. The molecule has 3 rings (SSSR count). The first-order valence-corrected chi connectivity index (χ1v) is 8.69. The van der Waals surface area contributed by atoms with Crippen molar-refractivity contribution in [1.82, 2.24) is 14.5 Å². The zero-order valence-corrected chi connectivity index (χ0v) is 15.8. The average molecular weight is 415 g/mol. The molecular weight excluding hydrogens is 399 g/mol. The van der Waals surface area contributed by atoms with Gasteiger partial charge in [-0.15, -0.1) is 0 Å². The maximum absolute atomic E-state index is 12.3. The minimum atomic E-state index is -1.50. The lowest BCUT2D eigenvalue weighted by molar-refractivity contribution is -0.389. The van der Waals surface area contributed by atoms with Gasteiger partial charge in [-0.05, 0) is 51.7 Å². The number of benzene rings is 1. The second-order valence-electron chi connectivity index (χ2n) is 6.57. The number of ether oxygens (including phenoxy) is 1. The van der Waals surface area contributed by atoms with E-state index in [0.29, 0.717) is 18.1 Å². The number of nitro groups is 1. The largest absolute Gasteiger partial charge is 0.446 e. The Balaban J connectivity index is 1.57. The smallest absolute Gasteiger partial charge is 0.410 e. The van der Waals surface area contributed by atoms with Crippen molar-refractivity contribution in [3.05, 3.63) is 55.9 Å². The van der Waals surface area contributed by atoms with E-state index in [-0.39, 0.29) is 18.4 Å². The zero-order valence-electron chi connectivity index (χ0n) is 14.3. The Kier molecular flexibility index (Phi) is 5.27. The molecule has 0 bridgehead atoms. The minimum absolute atomic E-state index is 0.129. The van der Waals surface area contributed by atoms with Crippen molar-refractivity contribution in [2.24, 2.45) is 0 Å². The van der Waals surface area contributed by atoms with Crippen LogP contribution in [0.25, 0.3) is 0 Å². The Morgan fingerprint density at radius 1 is 1.41 bits per heavy atom. The lowest BCUT2D eigenvalue weighted by Crippen LogP contribution is -2.39. The van der Waals surface area contributed by atoms with Crippen molar-refractivity contribution in [2.45, 2.75) is 32.2 Å². The van der Waals surface area contributed by atoms with Gasteiger partial charge in [-0.25, -0.2) is 4.79 Å². The maximum Gasteiger partial charge on any atom is 0.410 e. The predicted octanol–water partition coefficient (Wildman–Crippen LogP) is 3.00. The highest BCUT2D eigenvalue weighted by atomic mass is 35.5. The molecule has 0 spiro atoms. The normalized spacial score (nSPS) is 15.3. The summed E-state index contributed by atoms with van der Waals surface area (Å²) in [4.78, 5) is 27.4. The van der Waals surface area contributed by atoms with E-state index in [0.717, 1.165) is 17.3 Å². The lowest BCUT2D eigenvalue weighted by Gasteiger charge is -2.24. The summed E-state index contributed by atoms with van der Waals surface area (Å²) in [6, 6.07) is 5.41. The summed E-state index contributed by atoms with van der Waals surface area (Å²) in [7, 11) is 0. The van der Waals surface area contributed by atoms with Crippen LogP contribution in [-0.2, 0) is 24.4 Å². The van der Waals surface area contributed by atoms with Crippen molar-refractivity contribution < 1.29 is 19.6 Å². The van der Waals surface area contributed by atoms with Gasteiger partial charge in [0, 0.05) is 18.1 Å². The molecule has 1 atom stereocenters. The molecule has 1 N–H and O–H groups in total. The third-order valence-corrected chi connectivity index (χ3v) is 4.61. The number of aliphatic hydroxyl groups is 1. The van der Waals surface area contributed by atoms with Crippen LogP contribution in [0.2, 0.25) is 10.3 Å². The molecule has 0 fully saturated rings. The summed E-state index contributed by atoms with van der Waals surface area (Å²) in [6.07, 6.45) is 0.532. The molecule has 2 heterocycles. The van der Waals surface area contributed by atoms with E-state index in [9.17, 15) is 20.0 Å². The van der Waals surface area contributed by atoms with Crippen LogP contribution in [0.4, 0.5) is 10.6 Å². The average Bonchev–Trinajstić information content (AvgIpc) is 3.16. The molecule has 0 unspecified atom stereocenters. The van der Waals surface area contributed by atoms with Gasteiger partial charge in [-0.3, -0.25) is 9.47 Å². The molecule has 1 aromatic carbocycles. The van der Waals surface area contributed by atoms with Gasteiger partial charge in [-0.1, -0.05) is 17.7 Å². The van der Waals surface area contributed by atoms with Gasteiger partial charge in [0.15, 0.2) is 0 Å². The van der Waals surface area contributed by atoms with E-state index in [1.54, 1.807) is 12.1 Å². The highest BCUT2D eigenvalue weighted by Gasteiger charge is 2.30. The maximum atomic E-state index is 12.3. The monoisotopic (exact) mass is 414 g/mol. The standard InChI is InChI=1S/C16H16Cl2N4O5/c1-16(24,8-21-7-13(22(25)26)19-14(21)18)9-27-15(23)20-5-10-2-3-12(17)4-11(10)6-20/h2-4,7,24H,5-6,8-9H2,1H3/t16-/m1/s1. The van der Waals surface area contributed by atoms with Gasteiger partial charge >= 0.3 is 17.2 Å². The number of hydrogen-bond acceptors (Lipinski definition) is 6. The molecule has 1 aromatic heterocycles. The van der Waals surface area contributed by atoms with E-state index in [4.69, 9.17) is 27.9 Å². The number of nitrogens with zero attached hydrogens (tertiary/aromatic N) is 4. The van der Waals surface area contributed by atoms with Crippen molar-refractivity contribution in [3.8, 4) is 0 Å². The summed E-state index contributed by atoms with van der Waals surface area (Å²) in [6.45, 7) is 1.75. The van der Waals surface area contributed by atoms with E-state index in [2.05, 4.69) is 4.98 Å². The molecule has 1 amide bonds. The SMILES string of the molecule is C[C@](O)(COC(=O)N1Cc2ccc(Cl)cc2C1)Cn1cc([N+](=O)[O-])nc1Cl. The zero-order chi connectivity index (χ0) is 19.8. The topological polar surface area (TPSA) is 111 Å². The molecule has 27 heavy (non-hydrogen) atoms. The highest BCUT2D eigenvalue weighted by molar-refractivity contribution is 6.30. The van der Waals surface area contributed by atoms with Crippen LogP contribution < -0.4 is 0 Å².